The predicted molar refractivity (Wildman–Crippen MR) is 97.3 cm³/mol. The van der Waals surface area contributed by atoms with Crippen LogP contribution in [0.25, 0.3) is 0 Å². The van der Waals surface area contributed by atoms with E-state index in [2.05, 4.69) is 26.1 Å². The molecule has 1 aliphatic rings. The molecule has 1 saturated carbocycles. The van der Waals surface area contributed by atoms with Crippen molar-refractivity contribution in [1.82, 2.24) is 20.8 Å². The summed E-state index contributed by atoms with van der Waals surface area (Å²) in [6.07, 6.45) is 1.86. The normalized spacial score (nSPS) is 12.9. The van der Waals surface area contributed by atoms with E-state index in [9.17, 15) is 19.2 Å². The number of aromatic nitrogens is 2. The lowest BCUT2D eigenvalue weighted by molar-refractivity contribution is -0.117. The molecule has 1 aromatic heterocycles. The molecule has 0 bridgehead atoms. The highest BCUT2D eigenvalue weighted by Crippen LogP contribution is 2.30. The molecule has 1 fully saturated rings. The second kappa shape index (κ2) is 8.26. The second-order valence-electron chi connectivity index (χ2n) is 6.16. The van der Waals surface area contributed by atoms with Crippen molar-refractivity contribution in [2.45, 2.75) is 12.8 Å². The summed E-state index contributed by atoms with van der Waals surface area (Å²) in [5.74, 6) is -0.600. The molecule has 0 aliphatic heterocycles. The number of nitrogens with one attached hydrogen (secondary N) is 4. The number of carbonyl (C=O) groups is 3. The molecule has 27 heavy (non-hydrogen) atoms. The number of hydrogen-bond acceptors (Lipinski definition) is 5. The standard InChI is InChI=1S/C18H19N5O4/c24-15-8-7-14(22-23-15)18(27)20-10-9-19-16(25)11-3-5-13(6-4-11)21-17(26)12-1-2-12/h3-8,12H,1-2,9-10H2,(H,19,25)(H,20,27)(H,21,26)(H,23,24). The van der Waals surface area contributed by atoms with Gasteiger partial charge in [-0.3, -0.25) is 19.2 Å². The smallest absolute Gasteiger partial charge is 0.271 e. The summed E-state index contributed by atoms with van der Waals surface area (Å²) < 4.78 is 0. The van der Waals surface area contributed by atoms with Crippen LogP contribution in [-0.2, 0) is 4.79 Å². The van der Waals surface area contributed by atoms with Crippen molar-refractivity contribution >= 4 is 23.4 Å². The van der Waals surface area contributed by atoms with Gasteiger partial charge in [0.15, 0.2) is 0 Å². The maximum atomic E-state index is 12.1. The first-order valence-electron chi connectivity index (χ1n) is 8.56. The lowest BCUT2D eigenvalue weighted by atomic mass is 10.2. The summed E-state index contributed by atoms with van der Waals surface area (Å²) in [6.45, 7) is 0.439. The van der Waals surface area contributed by atoms with Crippen LogP contribution in [0.4, 0.5) is 5.69 Å². The Hall–Kier alpha value is -3.49. The largest absolute Gasteiger partial charge is 0.350 e. The number of aromatic amines is 1. The van der Waals surface area contributed by atoms with E-state index in [-0.39, 0.29) is 36.5 Å². The van der Waals surface area contributed by atoms with Gasteiger partial charge in [-0.1, -0.05) is 0 Å². The van der Waals surface area contributed by atoms with Gasteiger partial charge < -0.3 is 16.0 Å². The van der Waals surface area contributed by atoms with Crippen LogP contribution >= 0.6 is 0 Å². The van der Waals surface area contributed by atoms with Gasteiger partial charge in [-0.2, -0.15) is 5.10 Å². The number of hydrogen-bond donors (Lipinski definition) is 4. The molecule has 1 aliphatic carbocycles. The summed E-state index contributed by atoms with van der Waals surface area (Å²) in [4.78, 5) is 46.5. The molecule has 0 unspecified atom stereocenters. The average Bonchev–Trinajstić information content (AvgIpc) is 3.51. The maximum absolute atomic E-state index is 12.1. The van der Waals surface area contributed by atoms with Crippen LogP contribution in [0.2, 0.25) is 0 Å². The van der Waals surface area contributed by atoms with Crippen molar-refractivity contribution in [2.75, 3.05) is 18.4 Å². The first kappa shape index (κ1) is 18.3. The first-order valence-corrected chi connectivity index (χ1v) is 8.56. The van der Waals surface area contributed by atoms with Gasteiger partial charge in [0.2, 0.25) is 5.91 Å². The van der Waals surface area contributed by atoms with Crippen LogP contribution in [0.3, 0.4) is 0 Å². The van der Waals surface area contributed by atoms with Crippen molar-refractivity contribution in [3.8, 4) is 0 Å². The highest BCUT2D eigenvalue weighted by Gasteiger charge is 2.29. The van der Waals surface area contributed by atoms with Crippen LogP contribution in [0.15, 0.2) is 41.2 Å². The molecule has 0 saturated heterocycles. The molecule has 0 radical (unpaired) electrons. The van der Waals surface area contributed by atoms with Crippen molar-refractivity contribution in [3.63, 3.8) is 0 Å². The maximum Gasteiger partial charge on any atom is 0.271 e. The number of H-pyrrole nitrogens is 1. The molecular weight excluding hydrogens is 350 g/mol. The molecule has 0 atom stereocenters. The van der Waals surface area contributed by atoms with Gasteiger partial charge in [-0.25, -0.2) is 5.10 Å². The number of anilines is 1. The minimum absolute atomic E-state index is 0.0138. The van der Waals surface area contributed by atoms with E-state index in [1.807, 2.05) is 0 Å². The van der Waals surface area contributed by atoms with E-state index in [0.29, 0.717) is 11.3 Å². The third-order valence-corrected chi connectivity index (χ3v) is 3.97. The van der Waals surface area contributed by atoms with Crippen molar-refractivity contribution < 1.29 is 14.4 Å². The average molecular weight is 369 g/mol. The monoisotopic (exact) mass is 369 g/mol. The fraction of sp³-hybridized carbons (Fsp3) is 0.278. The minimum atomic E-state index is -0.448. The number of benzene rings is 1. The van der Waals surface area contributed by atoms with E-state index >= 15 is 0 Å². The predicted octanol–water partition coefficient (Wildman–Crippen LogP) is 0.278. The zero-order valence-electron chi connectivity index (χ0n) is 14.5. The van der Waals surface area contributed by atoms with Gasteiger partial charge in [0.05, 0.1) is 0 Å². The van der Waals surface area contributed by atoms with E-state index < -0.39 is 11.5 Å². The summed E-state index contributed by atoms with van der Waals surface area (Å²) in [5, 5.41) is 13.9. The van der Waals surface area contributed by atoms with Gasteiger partial charge >= 0.3 is 0 Å². The molecule has 0 spiro atoms. The van der Waals surface area contributed by atoms with Gasteiger partial charge in [0.25, 0.3) is 17.4 Å². The zero-order chi connectivity index (χ0) is 19.2. The Balaban J connectivity index is 1.40. The molecule has 4 N–H and O–H groups in total. The van der Waals surface area contributed by atoms with Crippen LogP contribution in [0.5, 0.6) is 0 Å². The quantitative estimate of drug-likeness (QED) is 0.520. The molecule has 9 heteroatoms. The zero-order valence-corrected chi connectivity index (χ0v) is 14.5. The summed E-state index contributed by atoms with van der Waals surface area (Å²) in [7, 11) is 0. The number of amides is 3. The molecule has 1 aromatic carbocycles. The SMILES string of the molecule is O=C(NCCNC(=O)c1ccc(=O)[nH]n1)c1ccc(NC(=O)C2CC2)cc1. The third-order valence-electron chi connectivity index (χ3n) is 3.97. The summed E-state index contributed by atoms with van der Waals surface area (Å²) in [6, 6.07) is 9.13. The van der Waals surface area contributed by atoms with E-state index in [1.165, 1.54) is 12.1 Å². The molecule has 9 nitrogen and oxygen atoms in total. The molecular formula is C18H19N5O4. The second-order valence-corrected chi connectivity index (χ2v) is 6.16. The van der Waals surface area contributed by atoms with Crippen molar-refractivity contribution in [1.29, 1.82) is 0 Å². The highest BCUT2D eigenvalue weighted by atomic mass is 16.2. The summed E-state index contributed by atoms with van der Waals surface area (Å²) >= 11 is 0. The van der Waals surface area contributed by atoms with Gasteiger partial charge in [0, 0.05) is 36.3 Å². The Morgan fingerprint density at radius 1 is 0.963 bits per heavy atom. The van der Waals surface area contributed by atoms with Gasteiger partial charge in [0.1, 0.15) is 5.69 Å². The number of rotatable bonds is 7. The third kappa shape index (κ3) is 5.24. The fourth-order valence-corrected chi connectivity index (χ4v) is 2.31. The topological polar surface area (TPSA) is 133 Å². The van der Waals surface area contributed by atoms with E-state index in [1.54, 1.807) is 24.3 Å². The molecule has 2 aromatic rings. The van der Waals surface area contributed by atoms with Crippen LogP contribution in [0, 0.1) is 5.92 Å². The molecule has 1 heterocycles. The highest BCUT2D eigenvalue weighted by molar-refractivity contribution is 5.97. The van der Waals surface area contributed by atoms with Crippen LogP contribution < -0.4 is 21.5 Å². The molecule has 140 valence electrons. The summed E-state index contributed by atoms with van der Waals surface area (Å²) in [5.41, 5.74) is 0.805. The molecule has 3 amide bonds. The Bertz CT molecular complexity index is 882. The van der Waals surface area contributed by atoms with Gasteiger partial charge in [-0.15, -0.1) is 0 Å². The Morgan fingerprint density at radius 3 is 2.22 bits per heavy atom. The minimum Gasteiger partial charge on any atom is -0.350 e. The fourth-order valence-electron chi connectivity index (χ4n) is 2.31. The first-order chi connectivity index (χ1) is 13.0. The Morgan fingerprint density at radius 2 is 1.63 bits per heavy atom. The van der Waals surface area contributed by atoms with Crippen molar-refractivity contribution in [2.24, 2.45) is 5.92 Å². The number of carbonyl (C=O) groups excluding carboxylic acids is 3. The van der Waals surface area contributed by atoms with E-state index in [4.69, 9.17) is 0 Å². The van der Waals surface area contributed by atoms with Crippen LogP contribution in [-0.4, -0.2) is 41.0 Å². The Kier molecular flexibility index (Phi) is 5.60. The van der Waals surface area contributed by atoms with Crippen molar-refractivity contribution in [3.05, 3.63) is 58.0 Å². The molecule has 3 rings (SSSR count). The Labute approximate surface area is 154 Å². The lowest BCUT2D eigenvalue weighted by Gasteiger charge is -2.08. The van der Waals surface area contributed by atoms with Gasteiger partial charge in [-0.05, 0) is 43.2 Å². The number of nitrogens with zero attached hydrogens (tertiary/aromatic N) is 1. The van der Waals surface area contributed by atoms with E-state index in [0.717, 1.165) is 12.8 Å². The lowest BCUT2D eigenvalue weighted by Crippen LogP contribution is -2.35. The van der Waals surface area contributed by atoms with Crippen LogP contribution in [0.1, 0.15) is 33.7 Å².